The molecule has 1 atom stereocenters. The van der Waals surface area contributed by atoms with Crippen LogP contribution in [0.25, 0.3) is 0 Å². The van der Waals surface area contributed by atoms with Crippen molar-refractivity contribution in [1.82, 2.24) is 10.2 Å². The second-order valence-electron chi connectivity index (χ2n) is 7.15. The number of nitrogens with zero attached hydrogens (tertiary/aromatic N) is 1. The summed E-state index contributed by atoms with van der Waals surface area (Å²) in [6.45, 7) is 5.66. The monoisotopic (exact) mass is 352 g/mol. The number of carbonyl (C=O) groups is 2. The zero-order chi connectivity index (χ0) is 18.1. The van der Waals surface area contributed by atoms with Gasteiger partial charge in [0.25, 0.3) is 0 Å². The number of amides is 2. The maximum absolute atomic E-state index is 12.5. The number of carbonyl (C=O) groups excluding carboxylic acids is 1. The number of unbranched alkanes of at least 4 members (excludes halogenated alkanes) is 1. The summed E-state index contributed by atoms with van der Waals surface area (Å²) in [5, 5.41) is 12.3. The minimum Gasteiger partial charge on any atom is -0.480 e. The van der Waals surface area contributed by atoms with Crippen LogP contribution in [0.3, 0.4) is 0 Å². The molecule has 0 bridgehead atoms. The molecule has 142 valence electrons. The third-order valence-corrected chi connectivity index (χ3v) is 5.30. The third-order valence-electron chi connectivity index (χ3n) is 5.30. The van der Waals surface area contributed by atoms with Gasteiger partial charge in [-0.1, -0.05) is 25.3 Å². The van der Waals surface area contributed by atoms with Gasteiger partial charge in [-0.15, -0.1) is 6.58 Å². The van der Waals surface area contributed by atoms with Crippen LogP contribution in [-0.2, 0) is 9.53 Å². The van der Waals surface area contributed by atoms with Crippen LogP contribution < -0.4 is 5.32 Å². The van der Waals surface area contributed by atoms with Crippen molar-refractivity contribution in [2.75, 3.05) is 19.7 Å². The van der Waals surface area contributed by atoms with E-state index in [1.807, 2.05) is 6.08 Å². The first-order valence-corrected chi connectivity index (χ1v) is 9.62. The molecule has 1 aliphatic carbocycles. The van der Waals surface area contributed by atoms with Crippen LogP contribution in [0, 0.1) is 5.92 Å². The molecule has 0 aromatic heterocycles. The number of piperidine rings is 1. The molecule has 2 aliphatic rings. The average Bonchev–Trinajstić information content (AvgIpc) is 2.64. The van der Waals surface area contributed by atoms with Gasteiger partial charge in [0.05, 0.1) is 6.10 Å². The van der Waals surface area contributed by atoms with E-state index in [-0.39, 0.29) is 18.1 Å². The number of carboxylic acid groups (broad SMARTS) is 1. The fourth-order valence-electron chi connectivity index (χ4n) is 3.78. The Morgan fingerprint density at radius 1 is 1.20 bits per heavy atom. The minimum atomic E-state index is -0.916. The number of rotatable bonds is 8. The number of hydrogen-bond donors (Lipinski definition) is 2. The van der Waals surface area contributed by atoms with Crippen LogP contribution in [0.1, 0.15) is 57.8 Å². The summed E-state index contributed by atoms with van der Waals surface area (Å²) in [4.78, 5) is 25.8. The maximum Gasteiger partial charge on any atom is 0.326 e. The molecular formula is C19H32N2O4. The Morgan fingerprint density at radius 3 is 2.48 bits per heavy atom. The average molecular weight is 352 g/mol. The molecular weight excluding hydrogens is 320 g/mol. The number of aliphatic carboxylic acids is 1. The summed E-state index contributed by atoms with van der Waals surface area (Å²) in [7, 11) is 0. The largest absolute Gasteiger partial charge is 0.480 e. The highest BCUT2D eigenvalue weighted by molar-refractivity contribution is 5.82. The summed E-state index contributed by atoms with van der Waals surface area (Å²) in [5.74, 6) is -0.860. The second kappa shape index (κ2) is 10.4. The molecule has 2 amide bonds. The highest BCUT2D eigenvalue weighted by atomic mass is 16.5. The zero-order valence-electron chi connectivity index (χ0n) is 15.1. The summed E-state index contributed by atoms with van der Waals surface area (Å²) < 4.78 is 5.83. The molecule has 2 fully saturated rings. The highest BCUT2D eigenvalue weighted by Gasteiger charge is 2.32. The number of ether oxygens (including phenoxy) is 1. The first-order valence-electron chi connectivity index (χ1n) is 9.62. The number of likely N-dealkylation sites (tertiary alicyclic amines) is 1. The van der Waals surface area contributed by atoms with E-state index in [0.717, 1.165) is 64.4 Å². The van der Waals surface area contributed by atoms with Crippen molar-refractivity contribution < 1.29 is 19.4 Å². The Kier molecular flexibility index (Phi) is 8.25. The molecule has 2 rings (SSSR count). The van der Waals surface area contributed by atoms with Crippen LogP contribution in [0.15, 0.2) is 12.7 Å². The Morgan fingerprint density at radius 2 is 1.88 bits per heavy atom. The molecule has 0 unspecified atom stereocenters. The van der Waals surface area contributed by atoms with Crippen LogP contribution in [0.4, 0.5) is 4.79 Å². The molecule has 1 aliphatic heterocycles. The van der Waals surface area contributed by atoms with Crippen molar-refractivity contribution in [3.8, 4) is 0 Å². The molecule has 1 saturated carbocycles. The molecule has 2 N–H and O–H groups in total. The SMILES string of the molecule is C=CCCCOC1CCN(C(=O)N[C@H](C(=O)O)C2CCCCC2)CC1. The van der Waals surface area contributed by atoms with Crippen LogP contribution in [0.2, 0.25) is 0 Å². The third kappa shape index (κ3) is 6.34. The lowest BCUT2D eigenvalue weighted by atomic mass is 9.84. The van der Waals surface area contributed by atoms with E-state index in [1.165, 1.54) is 0 Å². The van der Waals surface area contributed by atoms with E-state index in [0.29, 0.717) is 13.1 Å². The first-order chi connectivity index (χ1) is 12.1. The van der Waals surface area contributed by atoms with Crippen LogP contribution >= 0.6 is 0 Å². The van der Waals surface area contributed by atoms with Crippen molar-refractivity contribution in [3.63, 3.8) is 0 Å². The predicted molar refractivity (Wildman–Crippen MR) is 96.5 cm³/mol. The van der Waals surface area contributed by atoms with Gasteiger partial charge < -0.3 is 20.1 Å². The van der Waals surface area contributed by atoms with E-state index >= 15 is 0 Å². The van der Waals surface area contributed by atoms with E-state index in [1.54, 1.807) is 4.90 Å². The lowest BCUT2D eigenvalue weighted by molar-refractivity contribution is -0.141. The van der Waals surface area contributed by atoms with Crippen LogP contribution in [-0.4, -0.2) is 53.8 Å². The van der Waals surface area contributed by atoms with Crippen molar-refractivity contribution >= 4 is 12.0 Å². The molecule has 0 aromatic rings. The Hall–Kier alpha value is -1.56. The first kappa shape index (κ1) is 19.8. The van der Waals surface area contributed by atoms with Gasteiger partial charge in [0.15, 0.2) is 0 Å². The number of urea groups is 1. The van der Waals surface area contributed by atoms with E-state index in [2.05, 4.69) is 11.9 Å². The number of hydrogen-bond acceptors (Lipinski definition) is 3. The summed E-state index contributed by atoms with van der Waals surface area (Å²) in [6, 6.07) is -1.01. The van der Waals surface area contributed by atoms with Gasteiger partial charge in [0.1, 0.15) is 6.04 Å². The molecule has 0 spiro atoms. The van der Waals surface area contributed by atoms with E-state index in [4.69, 9.17) is 4.74 Å². The molecule has 6 nitrogen and oxygen atoms in total. The summed E-state index contributed by atoms with van der Waals surface area (Å²) in [6.07, 6.45) is 10.7. The molecule has 6 heteroatoms. The van der Waals surface area contributed by atoms with Crippen molar-refractivity contribution in [3.05, 3.63) is 12.7 Å². The van der Waals surface area contributed by atoms with Crippen molar-refractivity contribution in [1.29, 1.82) is 0 Å². The Bertz CT molecular complexity index is 441. The van der Waals surface area contributed by atoms with E-state index in [9.17, 15) is 14.7 Å². The van der Waals surface area contributed by atoms with Gasteiger partial charge >= 0.3 is 12.0 Å². The fourth-order valence-corrected chi connectivity index (χ4v) is 3.78. The smallest absolute Gasteiger partial charge is 0.326 e. The second-order valence-corrected chi connectivity index (χ2v) is 7.15. The fraction of sp³-hybridized carbons (Fsp3) is 0.789. The van der Waals surface area contributed by atoms with Crippen molar-refractivity contribution in [2.24, 2.45) is 5.92 Å². The molecule has 1 heterocycles. The Balaban J connectivity index is 1.74. The summed E-state index contributed by atoms with van der Waals surface area (Å²) in [5.41, 5.74) is 0. The quantitative estimate of drug-likeness (QED) is 0.519. The van der Waals surface area contributed by atoms with Gasteiger partial charge in [-0.05, 0) is 44.4 Å². The topological polar surface area (TPSA) is 78.9 Å². The zero-order valence-corrected chi connectivity index (χ0v) is 15.1. The molecule has 1 saturated heterocycles. The lowest BCUT2D eigenvalue weighted by Gasteiger charge is -2.34. The predicted octanol–water partition coefficient (Wildman–Crippen LogP) is 3.18. The normalized spacial score (nSPS) is 20.9. The Labute approximate surface area is 150 Å². The number of carboxylic acids is 1. The molecule has 0 aromatic carbocycles. The summed E-state index contributed by atoms with van der Waals surface area (Å²) >= 11 is 0. The van der Waals surface area contributed by atoms with Crippen molar-refractivity contribution in [2.45, 2.75) is 69.9 Å². The number of allylic oxidation sites excluding steroid dienone is 1. The molecule has 0 radical (unpaired) electrons. The van der Waals surface area contributed by atoms with Crippen LogP contribution in [0.5, 0.6) is 0 Å². The van der Waals surface area contributed by atoms with E-state index < -0.39 is 12.0 Å². The number of nitrogens with one attached hydrogen (secondary N) is 1. The minimum absolute atomic E-state index is 0.0564. The van der Waals surface area contributed by atoms with Gasteiger partial charge in [-0.2, -0.15) is 0 Å². The van der Waals surface area contributed by atoms with Gasteiger partial charge in [-0.3, -0.25) is 0 Å². The highest BCUT2D eigenvalue weighted by Crippen LogP contribution is 2.27. The van der Waals surface area contributed by atoms with Gasteiger partial charge in [0, 0.05) is 19.7 Å². The lowest BCUT2D eigenvalue weighted by Crippen LogP contribution is -2.53. The van der Waals surface area contributed by atoms with Gasteiger partial charge in [-0.25, -0.2) is 9.59 Å². The maximum atomic E-state index is 12.5. The molecule has 25 heavy (non-hydrogen) atoms. The standard InChI is InChI=1S/C19H32N2O4/c1-2-3-7-14-25-16-10-12-21(13-11-16)19(24)20-17(18(22)23)15-8-5-4-6-9-15/h2,15-17H,1,3-14H2,(H,20,24)(H,22,23)/t17-/m0/s1. The van der Waals surface area contributed by atoms with Gasteiger partial charge in [0.2, 0.25) is 0 Å².